The summed E-state index contributed by atoms with van der Waals surface area (Å²) < 4.78 is 72.5. The van der Waals surface area contributed by atoms with Crippen molar-refractivity contribution in [3.63, 3.8) is 0 Å². The SMILES string of the molecule is Nc1cc(F)c(F)c(-c2cc3c4c(nc(OCC56CCCN5CC(F)C6)nc4c2F)N2CC4CCC(N4)C2CO3)c1. The van der Waals surface area contributed by atoms with Crippen molar-refractivity contribution in [3.05, 3.63) is 35.7 Å². The molecule has 3 N–H and O–H groups in total. The van der Waals surface area contributed by atoms with Crippen LogP contribution < -0.4 is 25.4 Å². The third kappa shape index (κ3) is 3.86. The average Bonchev–Trinajstić information content (AvgIpc) is 3.58. The van der Waals surface area contributed by atoms with Gasteiger partial charge >= 0.3 is 6.01 Å². The minimum Gasteiger partial charge on any atom is -0.491 e. The molecule has 0 spiro atoms. The van der Waals surface area contributed by atoms with Crippen LogP contribution in [-0.2, 0) is 0 Å². The molecule has 1 aromatic heterocycles. The number of ether oxygens (including phenoxy) is 2. The van der Waals surface area contributed by atoms with Gasteiger partial charge in [0.25, 0.3) is 0 Å². The molecule has 5 atom stereocenters. The van der Waals surface area contributed by atoms with Gasteiger partial charge in [-0.1, -0.05) is 0 Å². The molecule has 5 aliphatic rings. The number of halogens is 4. The van der Waals surface area contributed by atoms with Crippen LogP contribution in [-0.4, -0.2) is 77.6 Å². The maximum atomic E-state index is 16.4. The zero-order valence-corrected chi connectivity index (χ0v) is 22.3. The molecule has 5 unspecified atom stereocenters. The molecule has 8 rings (SSSR count). The summed E-state index contributed by atoms with van der Waals surface area (Å²) in [6, 6.07) is 3.72. The molecule has 2 bridgehead atoms. The van der Waals surface area contributed by atoms with E-state index in [4.69, 9.17) is 20.2 Å². The molecule has 2 aromatic carbocycles. The zero-order chi connectivity index (χ0) is 28.0. The molecule has 5 aliphatic heterocycles. The van der Waals surface area contributed by atoms with Gasteiger partial charge in [0, 0.05) is 48.4 Å². The van der Waals surface area contributed by atoms with Gasteiger partial charge in [-0.05, 0) is 50.4 Å². The Hall–Kier alpha value is -3.38. The summed E-state index contributed by atoms with van der Waals surface area (Å²) >= 11 is 0. The van der Waals surface area contributed by atoms with Gasteiger partial charge in [-0.15, -0.1) is 0 Å². The molecule has 4 fully saturated rings. The van der Waals surface area contributed by atoms with Crippen molar-refractivity contribution >= 4 is 22.4 Å². The van der Waals surface area contributed by atoms with E-state index < -0.39 is 29.2 Å². The number of benzene rings is 2. The molecule has 6 heterocycles. The molecular weight excluding hydrogens is 540 g/mol. The largest absolute Gasteiger partial charge is 0.491 e. The molecule has 12 heteroatoms. The number of nitrogens with zero attached hydrogens (tertiary/aromatic N) is 4. The van der Waals surface area contributed by atoms with Crippen molar-refractivity contribution in [1.29, 1.82) is 0 Å². The number of piperazine rings is 1. The highest BCUT2D eigenvalue weighted by Crippen LogP contribution is 2.46. The maximum Gasteiger partial charge on any atom is 0.319 e. The van der Waals surface area contributed by atoms with Gasteiger partial charge in [-0.2, -0.15) is 9.97 Å². The van der Waals surface area contributed by atoms with Crippen LogP contribution in [0, 0.1) is 17.5 Å². The third-order valence-electron chi connectivity index (χ3n) is 9.65. The molecule has 0 radical (unpaired) electrons. The predicted molar refractivity (Wildman–Crippen MR) is 144 cm³/mol. The second-order valence-corrected chi connectivity index (χ2v) is 12.1. The van der Waals surface area contributed by atoms with Gasteiger partial charge in [0.15, 0.2) is 17.5 Å². The molecule has 41 heavy (non-hydrogen) atoms. The first kappa shape index (κ1) is 25.3. The summed E-state index contributed by atoms with van der Waals surface area (Å²) in [6.07, 6.45) is 3.18. The monoisotopic (exact) mass is 570 g/mol. The minimum atomic E-state index is -1.22. The Morgan fingerprint density at radius 3 is 2.83 bits per heavy atom. The number of fused-ring (bicyclic) bond motifs is 6. The lowest BCUT2D eigenvalue weighted by Gasteiger charge is -2.40. The van der Waals surface area contributed by atoms with Gasteiger partial charge in [0.1, 0.15) is 36.5 Å². The third-order valence-corrected chi connectivity index (χ3v) is 9.65. The highest BCUT2D eigenvalue weighted by molar-refractivity contribution is 5.99. The summed E-state index contributed by atoms with van der Waals surface area (Å²) in [6.45, 7) is 2.30. The van der Waals surface area contributed by atoms with Gasteiger partial charge in [0.2, 0.25) is 0 Å². The minimum absolute atomic E-state index is 0.0382. The molecule has 4 saturated heterocycles. The molecule has 8 nitrogen and oxygen atoms in total. The van der Waals surface area contributed by atoms with Gasteiger partial charge < -0.3 is 25.4 Å². The van der Waals surface area contributed by atoms with Crippen LogP contribution in [0.3, 0.4) is 0 Å². The molecular formula is C29H30F4N6O2. The zero-order valence-electron chi connectivity index (χ0n) is 22.3. The van der Waals surface area contributed by atoms with Crippen LogP contribution in [0.25, 0.3) is 22.0 Å². The van der Waals surface area contributed by atoms with E-state index >= 15 is 4.39 Å². The fraction of sp³-hybridized carbons (Fsp3) is 0.517. The Labute approximate surface area is 233 Å². The molecule has 216 valence electrons. The summed E-state index contributed by atoms with van der Waals surface area (Å²) in [5.74, 6) is -2.48. The second-order valence-electron chi connectivity index (χ2n) is 12.1. The van der Waals surface area contributed by atoms with E-state index in [0.29, 0.717) is 37.3 Å². The number of anilines is 2. The summed E-state index contributed by atoms with van der Waals surface area (Å²) in [5.41, 5.74) is 4.66. The Bertz CT molecular complexity index is 1570. The maximum absolute atomic E-state index is 16.4. The highest BCUT2D eigenvalue weighted by Gasteiger charge is 2.50. The Morgan fingerprint density at radius 2 is 1.95 bits per heavy atom. The summed E-state index contributed by atoms with van der Waals surface area (Å²) in [5, 5.41) is 3.99. The number of hydrogen-bond donors (Lipinski definition) is 2. The van der Waals surface area contributed by atoms with Gasteiger partial charge in [0.05, 0.1) is 17.0 Å². The van der Waals surface area contributed by atoms with Crippen molar-refractivity contribution in [1.82, 2.24) is 20.2 Å². The van der Waals surface area contributed by atoms with E-state index in [9.17, 15) is 13.2 Å². The summed E-state index contributed by atoms with van der Waals surface area (Å²) in [7, 11) is 0. The first-order valence-electron chi connectivity index (χ1n) is 14.3. The predicted octanol–water partition coefficient (Wildman–Crippen LogP) is 3.95. The van der Waals surface area contributed by atoms with Crippen LogP contribution in [0.1, 0.15) is 32.1 Å². The van der Waals surface area contributed by atoms with Crippen molar-refractivity contribution in [2.75, 3.05) is 43.5 Å². The van der Waals surface area contributed by atoms with Gasteiger partial charge in [-0.25, -0.2) is 17.6 Å². The lowest BCUT2D eigenvalue weighted by Crippen LogP contribution is -2.60. The number of aromatic nitrogens is 2. The average molecular weight is 571 g/mol. The van der Waals surface area contributed by atoms with E-state index in [1.807, 2.05) is 0 Å². The number of nitrogens with two attached hydrogens (primary N) is 1. The van der Waals surface area contributed by atoms with Crippen molar-refractivity contribution in [2.24, 2.45) is 0 Å². The first-order valence-corrected chi connectivity index (χ1v) is 14.3. The first-order chi connectivity index (χ1) is 19.8. The Balaban J connectivity index is 1.29. The topological polar surface area (TPSA) is 88.8 Å². The molecule has 0 aliphatic carbocycles. The number of nitrogen functional groups attached to an aromatic ring is 1. The van der Waals surface area contributed by atoms with Crippen LogP contribution in [0.5, 0.6) is 11.8 Å². The fourth-order valence-corrected chi connectivity index (χ4v) is 7.76. The standard InChI is InChI=1S/C29H30F4N6O2/c30-14-9-29(4-1-5-38(29)10-14)13-41-28-36-26-23-22(8-18(25(26)33)17-6-15(34)7-19(31)24(17)32)40-12-21-20-3-2-16(35-20)11-39(21)27(23)37-28/h6-8,14,16,20-21,35H,1-5,9-13,34H2. The van der Waals surface area contributed by atoms with Crippen molar-refractivity contribution < 1.29 is 27.0 Å². The Morgan fingerprint density at radius 1 is 1.10 bits per heavy atom. The van der Waals surface area contributed by atoms with Crippen molar-refractivity contribution in [3.8, 4) is 22.9 Å². The normalized spacial score (nSPS) is 30.3. The lowest BCUT2D eigenvalue weighted by molar-refractivity contribution is 0.107. The van der Waals surface area contributed by atoms with E-state index in [0.717, 1.165) is 38.3 Å². The van der Waals surface area contributed by atoms with E-state index in [1.165, 1.54) is 12.1 Å². The quantitative estimate of drug-likeness (QED) is 0.360. The summed E-state index contributed by atoms with van der Waals surface area (Å²) in [4.78, 5) is 13.5. The smallest absolute Gasteiger partial charge is 0.319 e. The lowest BCUT2D eigenvalue weighted by atomic mass is 9.95. The fourth-order valence-electron chi connectivity index (χ4n) is 7.76. The number of hydrogen-bond acceptors (Lipinski definition) is 8. The van der Waals surface area contributed by atoms with Crippen LogP contribution in [0.15, 0.2) is 18.2 Å². The number of alkyl halides is 1. The van der Waals surface area contributed by atoms with E-state index in [-0.39, 0.29) is 58.8 Å². The number of nitrogens with one attached hydrogen (secondary N) is 1. The van der Waals surface area contributed by atoms with E-state index in [1.54, 1.807) is 0 Å². The van der Waals surface area contributed by atoms with Crippen LogP contribution >= 0.6 is 0 Å². The van der Waals surface area contributed by atoms with Crippen LogP contribution in [0.2, 0.25) is 0 Å². The number of rotatable bonds is 4. The molecule has 0 amide bonds. The Kier molecular flexibility index (Phi) is 5.60. The van der Waals surface area contributed by atoms with Crippen molar-refractivity contribution in [2.45, 2.75) is 61.9 Å². The highest BCUT2D eigenvalue weighted by atomic mass is 19.2. The molecule has 3 aromatic rings. The van der Waals surface area contributed by atoms with E-state index in [2.05, 4.69) is 20.1 Å². The second kappa shape index (κ2) is 9.06. The molecule has 0 saturated carbocycles. The van der Waals surface area contributed by atoms with Crippen LogP contribution in [0.4, 0.5) is 29.1 Å². The van der Waals surface area contributed by atoms with Gasteiger partial charge in [-0.3, -0.25) is 4.90 Å².